The molecule has 2 aromatic carbocycles. The summed E-state index contributed by atoms with van der Waals surface area (Å²) < 4.78 is 56.3. The average molecular weight is 536 g/mol. The van der Waals surface area contributed by atoms with Gasteiger partial charge in [0, 0.05) is 31.3 Å². The fourth-order valence-corrected chi connectivity index (χ4v) is 2.44. The van der Waals surface area contributed by atoms with Gasteiger partial charge in [-0.1, -0.05) is 18.2 Å². The van der Waals surface area contributed by atoms with E-state index in [-0.39, 0.29) is 48.4 Å². The van der Waals surface area contributed by atoms with Gasteiger partial charge in [-0.3, -0.25) is 4.99 Å². The molecule has 162 valence electrons. The largest absolute Gasteiger partial charge is 0.484 e. The Morgan fingerprint density at radius 1 is 1.10 bits per heavy atom. The number of aliphatic imine (C=N–C) groups is 1. The van der Waals surface area contributed by atoms with Crippen molar-refractivity contribution >= 4 is 29.9 Å². The van der Waals surface area contributed by atoms with E-state index in [4.69, 9.17) is 10.00 Å². The lowest BCUT2D eigenvalue weighted by Gasteiger charge is -2.16. The quantitative estimate of drug-likeness (QED) is 0.248. The molecular weight excluding hydrogens is 515 g/mol. The van der Waals surface area contributed by atoms with Crippen molar-refractivity contribution in [2.24, 2.45) is 4.99 Å². The first-order valence-electron chi connectivity index (χ1n) is 8.64. The maximum atomic E-state index is 14.0. The predicted molar refractivity (Wildman–Crippen MR) is 116 cm³/mol. The minimum absolute atomic E-state index is 0. The zero-order valence-corrected chi connectivity index (χ0v) is 18.6. The zero-order chi connectivity index (χ0) is 21.4. The van der Waals surface area contributed by atoms with Crippen LogP contribution >= 0.6 is 24.0 Å². The van der Waals surface area contributed by atoms with E-state index in [2.05, 4.69) is 15.6 Å². The van der Waals surface area contributed by atoms with Crippen LogP contribution in [0, 0.1) is 24.1 Å². The van der Waals surface area contributed by atoms with Gasteiger partial charge in [0.05, 0.1) is 11.6 Å². The van der Waals surface area contributed by atoms with Crippen molar-refractivity contribution in [3.63, 3.8) is 0 Å². The molecule has 30 heavy (non-hydrogen) atoms. The first kappa shape index (κ1) is 25.5. The summed E-state index contributed by atoms with van der Waals surface area (Å²) in [5.74, 6) is -0.0621. The highest BCUT2D eigenvalue weighted by Crippen LogP contribution is 2.23. The van der Waals surface area contributed by atoms with E-state index in [9.17, 15) is 17.6 Å². The molecule has 0 spiro atoms. The fraction of sp³-hybridized carbons (Fsp3) is 0.300. The highest BCUT2D eigenvalue weighted by atomic mass is 127. The number of hydrogen-bond donors (Lipinski definition) is 2. The zero-order valence-electron chi connectivity index (χ0n) is 16.3. The van der Waals surface area contributed by atoms with E-state index < -0.39 is 18.6 Å². The SMILES string of the molecule is CN=C(NCc1ccc(C#N)cc1F)NCc1ccc(C)cc1OCC(F)(F)F.I. The molecule has 0 aliphatic carbocycles. The standard InChI is InChI=1S/C20H20F4N4O.HI/c1-13-3-5-16(18(7-13)29-12-20(22,23)24)11-28-19(26-2)27-10-15-6-4-14(9-25)8-17(15)21;/h3-8H,10-12H2,1-2H3,(H2,26,27,28);1H. The third-order valence-electron chi connectivity index (χ3n) is 3.91. The van der Waals surface area contributed by atoms with Gasteiger partial charge in [-0.2, -0.15) is 18.4 Å². The van der Waals surface area contributed by atoms with Crippen LogP contribution in [0.4, 0.5) is 17.6 Å². The molecular formula is C20H21F4IN4O. The van der Waals surface area contributed by atoms with Crippen molar-refractivity contribution < 1.29 is 22.3 Å². The van der Waals surface area contributed by atoms with Gasteiger partial charge in [0.1, 0.15) is 11.6 Å². The normalized spacial score (nSPS) is 11.3. The molecule has 10 heteroatoms. The van der Waals surface area contributed by atoms with Crippen molar-refractivity contribution in [1.82, 2.24) is 10.6 Å². The highest BCUT2D eigenvalue weighted by molar-refractivity contribution is 14.0. The Morgan fingerprint density at radius 2 is 1.73 bits per heavy atom. The number of halogens is 5. The van der Waals surface area contributed by atoms with Crippen molar-refractivity contribution in [1.29, 1.82) is 5.26 Å². The third kappa shape index (κ3) is 8.06. The van der Waals surface area contributed by atoms with E-state index in [1.54, 1.807) is 19.1 Å². The third-order valence-corrected chi connectivity index (χ3v) is 3.91. The van der Waals surface area contributed by atoms with Crippen LogP contribution in [-0.4, -0.2) is 25.8 Å². The predicted octanol–water partition coefficient (Wildman–Crippen LogP) is 4.43. The summed E-state index contributed by atoms with van der Waals surface area (Å²) in [6.45, 7) is 0.643. The first-order chi connectivity index (χ1) is 13.7. The Labute approximate surface area is 189 Å². The number of alkyl halides is 3. The number of ether oxygens (including phenoxy) is 1. The smallest absolute Gasteiger partial charge is 0.422 e. The Hall–Kier alpha value is -2.55. The fourth-order valence-electron chi connectivity index (χ4n) is 2.44. The maximum Gasteiger partial charge on any atom is 0.422 e. The molecule has 0 saturated carbocycles. The minimum Gasteiger partial charge on any atom is -0.484 e. The molecule has 0 fully saturated rings. The van der Waals surface area contributed by atoms with Crippen LogP contribution < -0.4 is 15.4 Å². The number of benzene rings is 2. The van der Waals surface area contributed by atoms with Crippen LogP contribution in [0.25, 0.3) is 0 Å². The summed E-state index contributed by atoms with van der Waals surface area (Å²) in [4.78, 5) is 4.01. The second-order valence-corrected chi connectivity index (χ2v) is 6.21. The minimum atomic E-state index is -4.43. The molecule has 2 N–H and O–H groups in total. The lowest BCUT2D eigenvalue weighted by atomic mass is 10.1. The van der Waals surface area contributed by atoms with Crippen LogP contribution in [-0.2, 0) is 13.1 Å². The summed E-state index contributed by atoms with van der Waals surface area (Å²) in [5, 5.41) is 14.6. The van der Waals surface area contributed by atoms with Gasteiger partial charge < -0.3 is 15.4 Å². The van der Waals surface area contributed by atoms with E-state index in [0.29, 0.717) is 17.1 Å². The monoisotopic (exact) mass is 536 g/mol. The van der Waals surface area contributed by atoms with Gasteiger partial charge in [0.2, 0.25) is 0 Å². The molecule has 0 saturated heterocycles. The Bertz CT molecular complexity index is 926. The van der Waals surface area contributed by atoms with Crippen LogP contribution in [0.5, 0.6) is 5.75 Å². The van der Waals surface area contributed by atoms with Crippen LogP contribution in [0.15, 0.2) is 41.4 Å². The van der Waals surface area contributed by atoms with Crippen molar-refractivity contribution in [3.05, 3.63) is 64.5 Å². The average Bonchev–Trinajstić information content (AvgIpc) is 2.67. The van der Waals surface area contributed by atoms with Gasteiger partial charge in [0.15, 0.2) is 12.6 Å². The Balaban J connectivity index is 0.00000450. The number of nitriles is 1. The van der Waals surface area contributed by atoms with E-state index in [1.165, 1.54) is 25.2 Å². The van der Waals surface area contributed by atoms with E-state index in [0.717, 1.165) is 11.6 Å². The highest BCUT2D eigenvalue weighted by Gasteiger charge is 2.28. The van der Waals surface area contributed by atoms with E-state index >= 15 is 0 Å². The summed E-state index contributed by atoms with van der Waals surface area (Å²) in [6, 6.07) is 11.0. The van der Waals surface area contributed by atoms with Crippen molar-refractivity contribution in [2.75, 3.05) is 13.7 Å². The summed E-state index contributed by atoms with van der Waals surface area (Å²) >= 11 is 0. The molecule has 2 rings (SSSR count). The number of rotatable bonds is 6. The van der Waals surface area contributed by atoms with Crippen molar-refractivity contribution in [2.45, 2.75) is 26.2 Å². The van der Waals surface area contributed by atoms with Gasteiger partial charge in [-0.05, 0) is 30.7 Å². The molecule has 0 heterocycles. The van der Waals surface area contributed by atoms with E-state index in [1.807, 2.05) is 6.07 Å². The maximum absolute atomic E-state index is 14.0. The summed E-state index contributed by atoms with van der Waals surface area (Å²) in [6.07, 6.45) is -4.43. The molecule has 0 aromatic heterocycles. The lowest BCUT2D eigenvalue weighted by molar-refractivity contribution is -0.153. The second kappa shape index (κ2) is 11.6. The Morgan fingerprint density at radius 3 is 2.30 bits per heavy atom. The molecule has 0 bridgehead atoms. The molecule has 0 aliphatic heterocycles. The second-order valence-electron chi connectivity index (χ2n) is 6.21. The van der Waals surface area contributed by atoms with Gasteiger partial charge in [0.25, 0.3) is 0 Å². The molecule has 2 aromatic rings. The number of nitrogens with zero attached hydrogens (tertiary/aromatic N) is 2. The van der Waals surface area contributed by atoms with Crippen LogP contribution in [0.1, 0.15) is 22.3 Å². The number of aryl methyl sites for hydroxylation is 1. The summed E-state index contributed by atoms with van der Waals surface area (Å²) in [7, 11) is 1.51. The number of guanidine groups is 1. The molecule has 0 radical (unpaired) electrons. The van der Waals surface area contributed by atoms with Gasteiger partial charge >= 0.3 is 6.18 Å². The molecule has 5 nitrogen and oxygen atoms in total. The number of nitrogens with one attached hydrogen (secondary N) is 2. The molecule has 0 amide bonds. The number of hydrogen-bond acceptors (Lipinski definition) is 3. The first-order valence-corrected chi connectivity index (χ1v) is 8.64. The van der Waals surface area contributed by atoms with Crippen LogP contribution in [0.3, 0.4) is 0 Å². The topological polar surface area (TPSA) is 69.4 Å². The van der Waals surface area contributed by atoms with Crippen LogP contribution in [0.2, 0.25) is 0 Å². The van der Waals surface area contributed by atoms with Gasteiger partial charge in [-0.25, -0.2) is 4.39 Å². The molecule has 0 unspecified atom stereocenters. The van der Waals surface area contributed by atoms with Crippen molar-refractivity contribution in [3.8, 4) is 11.8 Å². The van der Waals surface area contributed by atoms with Gasteiger partial charge in [-0.15, -0.1) is 24.0 Å². The molecule has 0 aliphatic rings. The lowest BCUT2D eigenvalue weighted by Crippen LogP contribution is -2.36. The molecule has 0 atom stereocenters. The summed E-state index contributed by atoms with van der Waals surface area (Å²) in [5.41, 5.74) is 1.85. The Kier molecular flexibility index (Phi) is 9.84.